The van der Waals surface area contributed by atoms with Gasteiger partial charge in [-0.1, -0.05) is 6.92 Å². The fraction of sp³-hybridized carbons (Fsp3) is 0.786. The number of aryl methyl sites for hydroxylation is 2. The first-order valence-electron chi connectivity index (χ1n) is 7.02. The molecule has 2 heterocycles. The molecule has 3 unspecified atom stereocenters. The second-order valence-corrected chi connectivity index (χ2v) is 5.29. The summed E-state index contributed by atoms with van der Waals surface area (Å²) in [6, 6.07) is 2.67. The predicted molar refractivity (Wildman–Crippen MR) is 72.5 cm³/mol. The van der Waals surface area contributed by atoms with Crippen molar-refractivity contribution in [3.63, 3.8) is 0 Å². The molecule has 0 saturated carbocycles. The van der Waals surface area contributed by atoms with Gasteiger partial charge in [-0.15, -0.1) is 0 Å². The van der Waals surface area contributed by atoms with E-state index in [0.29, 0.717) is 18.1 Å². The third-order valence-electron chi connectivity index (χ3n) is 3.90. The molecule has 1 aliphatic rings. The quantitative estimate of drug-likeness (QED) is 0.837. The minimum atomic E-state index is 0.424. The van der Waals surface area contributed by atoms with Crippen molar-refractivity contribution in [2.24, 2.45) is 13.0 Å². The molecule has 1 aliphatic heterocycles. The molecule has 1 saturated heterocycles. The number of hydrogen-bond acceptors (Lipinski definition) is 3. The summed E-state index contributed by atoms with van der Waals surface area (Å²) in [7, 11) is 2.01. The molecular weight excluding hydrogens is 226 g/mol. The minimum Gasteiger partial charge on any atom is -0.378 e. The maximum absolute atomic E-state index is 5.70. The molecule has 4 heteroatoms. The standard InChI is InChI=1S/C14H25N3O/c1-4-15-14(12-9-11(2)18-10-12)6-5-13-7-8-16-17(13)3/h7-8,11-12,14-15H,4-6,9-10H2,1-3H3. The van der Waals surface area contributed by atoms with Gasteiger partial charge in [0.1, 0.15) is 0 Å². The van der Waals surface area contributed by atoms with Crippen LogP contribution in [0.15, 0.2) is 12.3 Å². The monoisotopic (exact) mass is 251 g/mol. The molecule has 0 spiro atoms. The summed E-state index contributed by atoms with van der Waals surface area (Å²) >= 11 is 0. The molecule has 3 atom stereocenters. The molecule has 4 nitrogen and oxygen atoms in total. The zero-order valence-electron chi connectivity index (χ0n) is 11.7. The van der Waals surface area contributed by atoms with Crippen molar-refractivity contribution >= 4 is 0 Å². The summed E-state index contributed by atoms with van der Waals surface area (Å²) in [6.45, 7) is 6.28. The highest BCUT2D eigenvalue weighted by Crippen LogP contribution is 2.24. The van der Waals surface area contributed by atoms with E-state index in [0.717, 1.165) is 26.0 Å². The van der Waals surface area contributed by atoms with Crippen LogP contribution in [0.5, 0.6) is 0 Å². The maximum atomic E-state index is 5.70. The van der Waals surface area contributed by atoms with Crippen LogP contribution >= 0.6 is 0 Å². The van der Waals surface area contributed by atoms with Gasteiger partial charge < -0.3 is 10.1 Å². The topological polar surface area (TPSA) is 39.1 Å². The van der Waals surface area contributed by atoms with E-state index in [1.165, 1.54) is 12.1 Å². The zero-order valence-corrected chi connectivity index (χ0v) is 11.7. The first-order valence-corrected chi connectivity index (χ1v) is 7.02. The molecule has 2 rings (SSSR count). The van der Waals surface area contributed by atoms with E-state index in [2.05, 4.69) is 30.3 Å². The third kappa shape index (κ3) is 3.33. The van der Waals surface area contributed by atoms with Gasteiger partial charge in [-0.25, -0.2) is 0 Å². The summed E-state index contributed by atoms with van der Waals surface area (Å²) in [5.41, 5.74) is 1.31. The van der Waals surface area contributed by atoms with Crippen LogP contribution in [0.1, 0.15) is 32.4 Å². The van der Waals surface area contributed by atoms with E-state index in [-0.39, 0.29) is 0 Å². The number of ether oxygens (including phenoxy) is 1. The van der Waals surface area contributed by atoms with Gasteiger partial charge in [0, 0.05) is 30.9 Å². The van der Waals surface area contributed by atoms with Crippen molar-refractivity contribution < 1.29 is 4.74 Å². The van der Waals surface area contributed by atoms with Gasteiger partial charge in [0.05, 0.1) is 12.7 Å². The van der Waals surface area contributed by atoms with Crippen molar-refractivity contribution in [2.75, 3.05) is 13.2 Å². The van der Waals surface area contributed by atoms with Crippen LogP contribution in [0.4, 0.5) is 0 Å². The Kier molecular flexibility index (Phi) is 4.78. The maximum Gasteiger partial charge on any atom is 0.0551 e. The summed E-state index contributed by atoms with van der Waals surface area (Å²) in [5.74, 6) is 0.660. The van der Waals surface area contributed by atoms with Gasteiger partial charge in [0.15, 0.2) is 0 Å². The minimum absolute atomic E-state index is 0.424. The molecule has 1 aromatic heterocycles. The first kappa shape index (κ1) is 13.6. The van der Waals surface area contributed by atoms with Gasteiger partial charge in [-0.2, -0.15) is 5.10 Å². The summed E-state index contributed by atoms with van der Waals surface area (Å²) < 4.78 is 7.66. The molecule has 0 aromatic carbocycles. The highest BCUT2D eigenvalue weighted by Gasteiger charge is 2.28. The number of nitrogens with one attached hydrogen (secondary N) is 1. The lowest BCUT2D eigenvalue weighted by molar-refractivity contribution is 0.116. The van der Waals surface area contributed by atoms with E-state index >= 15 is 0 Å². The van der Waals surface area contributed by atoms with E-state index in [1.807, 2.05) is 17.9 Å². The van der Waals surface area contributed by atoms with Crippen LogP contribution < -0.4 is 5.32 Å². The van der Waals surface area contributed by atoms with E-state index in [4.69, 9.17) is 4.74 Å². The van der Waals surface area contributed by atoms with E-state index in [9.17, 15) is 0 Å². The highest BCUT2D eigenvalue weighted by molar-refractivity contribution is 5.01. The molecule has 0 amide bonds. The second kappa shape index (κ2) is 6.34. The van der Waals surface area contributed by atoms with Gasteiger partial charge in [0.2, 0.25) is 0 Å². The number of hydrogen-bond donors (Lipinski definition) is 1. The molecule has 0 bridgehead atoms. The van der Waals surface area contributed by atoms with Gasteiger partial charge in [0.25, 0.3) is 0 Å². The molecule has 0 aliphatic carbocycles. The lowest BCUT2D eigenvalue weighted by Gasteiger charge is -2.23. The fourth-order valence-corrected chi connectivity index (χ4v) is 2.85. The van der Waals surface area contributed by atoms with Crippen molar-refractivity contribution in [2.45, 2.75) is 45.3 Å². The smallest absolute Gasteiger partial charge is 0.0551 e. The van der Waals surface area contributed by atoms with Gasteiger partial charge in [-0.05, 0) is 38.8 Å². The van der Waals surface area contributed by atoms with Crippen LogP contribution in [0, 0.1) is 5.92 Å². The zero-order chi connectivity index (χ0) is 13.0. The predicted octanol–water partition coefficient (Wildman–Crippen LogP) is 1.76. The summed E-state index contributed by atoms with van der Waals surface area (Å²) in [5, 5.41) is 7.84. The lowest BCUT2D eigenvalue weighted by atomic mass is 9.92. The Labute approximate surface area is 110 Å². The number of nitrogens with zero attached hydrogens (tertiary/aromatic N) is 2. The highest BCUT2D eigenvalue weighted by atomic mass is 16.5. The molecule has 0 radical (unpaired) electrons. The Morgan fingerprint density at radius 1 is 1.61 bits per heavy atom. The van der Waals surface area contributed by atoms with Crippen LogP contribution in [0.3, 0.4) is 0 Å². The molecule has 1 aromatic rings. The Hall–Kier alpha value is -0.870. The van der Waals surface area contributed by atoms with Crippen LogP contribution in [0.25, 0.3) is 0 Å². The normalized spacial score (nSPS) is 25.5. The van der Waals surface area contributed by atoms with Crippen LogP contribution in [-0.4, -0.2) is 35.1 Å². The Morgan fingerprint density at radius 2 is 2.44 bits per heavy atom. The van der Waals surface area contributed by atoms with Crippen LogP contribution in [-0.2, 0) is 18.2 Å². The number of aromatic nitrogens is 2. The van der Waals surface area contributed by atoms with Crippen molar-refractivity contribution in [3.05, 3.63) is 18.0 Å². The molecule has 102 valence electrons. The summed E-state index contributed by atoms with van der Waals surface area (Å²) in [4.78, 5) is 0. The Bertz CT molecular complexity index is 364. The third-order valence-corrected chi connectivity index (χ3v) is 3.90. The lowest BCUT2D eigenvalue weighted by Crippen LogP contribution is -2.37. The van der Waals surface area contributed by atoms with E-state index in [1.54, 1.807) is 0 Å². The SMILES string of the molecule is CCNC(CCc1ccnn1C)C1COC(C)C1. The fourth-order valence-electron chi connectivity index (χ4n) is 2.85. The van der Waals surface area contributed by atoms with Gasteiger partial charge in [-0.3, -0.25) is 4.68 Å². The van der Waals surface area contributed by atoms with Gasteiger partial charge >= 0.3 is 0 Å². The largest absolute Gasteiger partial charge is 0.378 e. The molecule has 1 fully saturated rings. The average molecular weight is 251 g/mol. The summed E-state index contributed by atoms with van der Waals surface area (Å²) in [6.07, 6.45) is 5.72. The van der Waals surface area contributed by atoms with Crippen molar-refractivity contribution in [1.82, 2.24) is 15.1 Å². The van der Waals surface area contributed by atoms with Crippen LogP contribution in [0.2, 0.25) is 0 Å². The van der Waals surface area contributed by atoms with Crippen molar-refractivity contribution in [1.29, 1.82) is 0 Å². The van der Waals surface area contributed by atoms with E-state index < -0.39 is 0 Å². The molecule has 18 heavy (non-hydrogen) atoms. The molecular formula is C14H25N3O. The Morgan fingerprint density at radius 3 is 3.00 bits per heavy atom. The Balaban J connectivity index is 1.88. The molecule has 1 N–H and O–H groups in total. The first-order chi connectivity index (χ1) is 8.70. The average Bonchev–Trinajstić information content (AvgIpc) is 2.94. The van der Waals surface area contributed by atoms with Crippen molar-refractivity contribution in [3.8, 4) is 0 Å². The number of rotatable bonds is 6. The second-order valence-electron chi connectivity index (χ2n) is 5.29.